The van der Waals surface area contributed by atoms with E-state index in [1.54, 1.807) is 0 Å². The molecule has 3 unspecified atom stereocenters. The first-order chi connectivity index (χ1) is 11.7. The summed E-state index contributed by atoms with van der Waals surface area (Å²) in [5.74, 6) is 0. The van der Waals surface area contributed by atoms with E-state index in [1.165, 1.54) is 4.90 Å². The summed E-state index contributed by atoms with van der Waals surface area (Å²) >= 11 is 0. The number of amides is 1. The Hall–Kier alpha value is -1.37. The average molecular weight is 365 g/mol. The van der Waals surface area contributed by atoms with E-state index in [9.17, 15) is 9.90 Å². The van der Waals surface area contributed by atoms with E-state index in [-0.39, 0.29) is 23.7 Å². The number of likely N-dealkylation sites (tertiary alicyclic amines) is 1. The van der Waals surface area contributed by atoms with Crippen molar-refractivity contribution in [1.29, 1.82) is 0 Å². The maximum atomic E-state index is 11.8. The van der Waals surface area contributed by atoms with E-state index in [1.807, 2.05) is 30.3 Å². The summed E-state index contributed by atoms with van der Waals surface area (Å²) in [5, 5.41) is 9.66. The zero-order valence-corrected chi connectivity index (χ0v) is 16.9. The van der Waals surface area contributed by atoms with Gasteiger partial charge in [0, 0.05) is 0 Å². The largest absolute Gasteiger partial charge is 0.465 e. The van der Waals surface area contributed by atoms with Crippen LogP contribution in [-0.2, 0) is 15.8 Å². The average Bonchev–Trinajstić information content (AvgIpc) is 2.94. The molecule has 1 saturated heterocycles. The Morgan fingerprint density at radius 3 is 2.48 bits per heavy atom. The predicted molar refractivity (Wildman–Crippen MR) is 100.0 cm³/mol. The van der Waals surface area contributed by atoms with Crippen LogP contribution in [0.5, 0.6) is 0 Å². The predicted octanol–water partition coefficient (Wildman–Crippen LogP) is 4.01. The van der Waals surface area contributed by atoms with Gasteiger partial charge in [0.25, 0.3) is 0 Å². The van der Waals surface area contributed by atoms with Gasteiger partial charge in [-0.2, -0.15) is 0 Å². The molecular formula is C19H30NO4Si. The molecule has 1 aromatic rings. The van der Waals surface area contributed by atoms with Gasteiger partial charge in [0.15, 0.2) is 0 Å². The van der Waals surface area contributed by atoms with Crippen LogP contribution in [0.2, 0.25) is 13.1 Å². The van der Waals surface area contributed by atoms with Crippen molar-refractivity contribution in [2.75, 3.05) is 6.54 Å². The maximum absolute atomic E-state index is 11.8. The van der Waals surface area contributed by atoms with Gasteiger partial charge in [-0.05, 0) is 30.5 Å². The number of carbonyl (C=O) groups is 1. The number of carboxylic acid groups (broad SMARTS) is 1. The molecule has 0 aliphatic carbocycles. The van der Waals surface area contributed by atoms with Crippen LogP contribution in [0.15, 0.2) is 30.3 Å². The smallest absolute Gasteiger partial charge is 0.407 e. The van der Waals surface area contributed by atoms with E-state index < -0.39 is 15.1 Å². The number of ether oxygens (including phenoxy) is 1. The molecule has 6 heteroatoms. The Kier molecular flexibility index (Phi) is 6.65. The van der Waals surface area contributed by atoms with Gasteiger partial charge in [0.1, 0.15) is 0 Å². The highest BCUT2D eigenvalue weighted by molar-refractivity contribution is 6.48. The first-order valence-electron chi connectivity index (χ1n) is 8.80. The van der Waals surface area contributed by atoms with Crippen LogP contribution in [-0.4, -0.2) is 49.9 Å². The summed E-state index contributed by atoms with van der Waals surface area (Å²) < 4.78 is 12.2. The van der Waals surface area contributed by atoms with Crippen LogP contribution in [0, 0.1) is 5.41 Å². The molecule has 1 N–H and O–H groups in total. The molecule has 139 valence electrons. The Morgan fingerprint density at radius 1 is 1.32 bits per heavy atom. The van der Waals surface area contributed by atoms with Gasteiger partial charge in [-0.3, -0.25) is 0 Å². The van der Waals surface area contributed by atoms with Crippen molar-refractivity contribution in [3.05, 3.63) is 35.9 Å². The fraction of sp³-hybridized carbons (Fsp3) is 0.632. The lowest BCUT2D eigenvalue weighted by molar-refractivity contribution is 0.0153. The summed E-state index contributed by atoms with van der Waals surface area (Å²) in [6.45, 7) is 11.4. The molecule has 1 aromatic carbocycles. The molecule has 5 nitrogen and oxygen atoms in total. The molecule has 25 heavy (non-hydrogen) atoms. The third-order valence-electron chi connectivity index (χ3n) is 4.44. The lowest BCUT2D eigenvalue weighted by Gasteiger charge is -2.39. The first kappa shape index (κ1) is 19.9. The van der Waals surface area contributed by atoms with Crippen molar-refractivity contribution in [2.45, 2.75) is 65.1 Å². The van der Waals surface area contributed by atoms with Gasteiger partial charge in [-0.25, -0.2) is 4.79 Å². The van der Waals surface area contributed by atoms with Gasteiger partial charge in [0.2, 0.25) is 9.04 Å². The fourth-order valence-electron chi connectivity index (χ4n) is 3.33. The summed E-state index contributed by atoms with van der Waals surface area (Å²) in [6, 6.07) is 9.81. The van der Waals surface area contributed by atoms with Gasteiger partial charge in [0.05, 0.1) is 31.4 Å². The topological polar surface area (TPSA) is 59.0 Å². The molecule has 1 heterocycles. The summed E-state index contributed by atoms with van der Waals surface area (Å²) in [4.78, 5) is 13.3. The second kappa shape index (κ2) is 8.34. The van der Waals surface area contributed by atoms with Crippen molar-refractivity contribution < 1.29 is 19.1 Å². The van der Waals surface area contributed by atoms with E-state index >= 15 is 0 Å². The normalized spacial score (nSPS) is 22.4. The SMILES string of the molecule is C[Si](C)OC(C1CC(OCc2ccccc2)CN1C(=O)O)C(C)(C)C. The maximum Gasteiger partial charge on any atom is 0.407 e. The second-order valence-corrected chi connectivity index (χ2v) is 10.0. The molecule has 1 radical (unpaired) electrons. The molecule has 0 bridgehead atoms. The molecule has 0 saturated carbocycles. The first-order valence-corrected chi connectivity index (χ1v) is 11.2. The van der Waals surface area contributed by atoms with Gasteiger partial charge >= 0.3 is 6.09 Å². The standard InChI is InChI=1S/C19H30NO4Si/c1-19(2,3)17(24-25(4)5)16-11-15(12-20(16)18(21)22)23-13-14-9-7-6-8-10-14/h6-10,15-17H,11-13H2,1-5H3,(H,21,22). The van der Waals surface area contributed by atoms with Crippen LogP contribution in [0.4, 0.5) is 4.79 Å². The molecule has 3 atom stereocenters. The zero-order valence-electron chi connectivity index (χ0n) is 15.9. The van der Waals surface area contributed by atoms with E-state index in [0.717, 1.165) is 5.56 Å². The molecule has 1 aliphatic rings. The van der Waals surface area contributed by atoms with E-state index in [2.05, 4.69) is 33.9 Å². The summed E-state index contributed by atoms with van der Waals surface area (Å²) in [6.07, 6.45) is -0.442. The van der Waals surface area contributed by atoms with Crippen LogP contribution in [0.1, 0.15) is 32.8 Å². The summed E-state index contributed by atoms with van der Waals surface area (Å²) in [7, 11) is -0.933. The van der Waals surface area contributed by atoms with Gasteiger partial charge in [-0.15, -0.1) is 0 Å². The van der Waals surface area contributed by atoms with Crippen molar-refractivity contribution in [1.82, 2.24) is 4.90 Å². The van der Waals surface area contributed by atoms with Crippen molar-refractivity contribution in [2.24, 2.45) is 5.41 Å². The number of hydrogen-bond donors (Lipinski definition) is 1. The molecule has 1 fully saturated rings. The van der Waals surface area contributed by atoms with Gasteiger partial charge in [-0.1, -0.05) is 51.1 Å². The molecule has 1 aliphatic heterocycles. The van der Waals surface area contributed by atoms with E-state index in [0.29, 0.717) is 19.6 Å². The Labute approximate surface area is 152 Å². The second-order valence-electron chi connectivity index (χ2n) is 7.97. The minimum absolute atomic E-state index is 0.0980. The van der Waals surface area contributed by atoms with Gasteiger partial charge < -0.3 is 19.2 Å². The number of rotatable bonds is 6. The summed E-state index contributed by atoms with van der Waals surface area (Å²) in [5.41, 5.74) is 0.971. The van der Waals surface area contributed by atoms with Crippen LogP contribution in [0.3, 0.4) is 0 Å². The Morgan fingerprint density at radius 2 is 1.96 bits per heavy atom. The number of benzene rings is 1. The van der Waals surface area contributed by atoms with Crippen LogP contribution >= 0.6 is 0 Å². The van der Waals surface area contributed by atoms with Crippen molar-refractivity contribution in [3.8, 4) is 0 Å². The van der Waals surface area contributed by atoms with Crippen LogP contribution < -0.4 is 0 Å². The number of hydrogen-bond acceptors (Lipinski definition) is 3. The molecule has 0 aromatic heterocycles. The minimum Gasteiger partial charge on any atom is -0.465 e. The third-order valence-corrected chi connectivity index (χ3v) is 5.17. The Bertz CT molecular complexity index is 558. The number of nitrogens with zero attached hydrogens (tertiary/aromatic N) is 1. The zero-order chi connectivity index (χ0) is 18.6. The Balaban J connectivity index is 2.09. The minimum atomic E-state index is -0.933. The van der Waals surface area contributed by atoms with Crippen LogP contribution in [0.25, 0.3) is 0 Å². The quantitative estimate of drug-likeness (QED) is 0.775. The highest BCUT2D eigenvalue weighted by atomic mass is 28.3. The highest BCUT2D eigenvalue weighted by Crippen LogP contribution is 2.34. The lowest BCUT2D eigenvalue weighted by atomic mass is 9.83. The fourth-order valence-corrected chi connectivity index (χ4v) is 4.35. The molecule has 0 spiro atoms. The van der Waals surface area contributed by atoms with Crippen molar-refractivity contribution >= 4 is 15.1 Å². The van der Waals surface area contributed by atoms with E-state index in [4.69, 9.17) is 9.16 Å². The van der Waals surface area contributed by atoms with Crippen molar-refractivity contribution in [3.63, 3.8) is 0 Å². The third kappa shape index (κ3) is 5.56. The molecule has 2 rings (SSSR count). The molecular weight excluding hydrogens is 334 g/mol. The molecule has 1 amide bonds. The monoisotopic (exact) mass is 364 g/mol. The lowest BCUT2D eigenvalue weighted by Crippen LogP contribution is -2.50. The highest BCUT2D eigenvalue weighted by Gasteiger charge is 2.45.